The van der Waals surface area contributed by atoms with E-state index >= 15 is 0 Å². The Morgan fingerprint density at radius 1 is 1.20 bits per heavy atom. The molecule has 0 radical (unpaired) electrons. The van der Waals surface area contributed by atoms with Gasteiger partial charge in [0.25, 0.3) is 0 Å². The zero-order valence-corrected chi connectivity index (χ0v) is 14.4. The third kappa shape index (κ3) is 4.41. The number of aliphatic imine (C=N–C) groups is 1. The summed E-state index contributed by atoms with van der Waals surface area (Å²) < 4.78 is 25.2. The molecule has 0 saturated heterocycles. The zero-order chi connectivity index (χ0) is 17.6. The molecule has 0 aromatic heterocycles. The second-order valence-electron chi connectivity index (χ2n) is 5.89. The Hall–Kier alpha value is -2.76. The van der Waals surface area contributed by atoms with Gasteiger partial charge in [-0.05, 0) is 36.2 Å². The second kappa shape index (κ2) is 7.88. The minimum atomic E-state index is -0.200. The first-order valence-electron chi connectivity index (χ1n) is 8.23. The van der Waals surface area contributed by atoms with Gasteiger partial charge in [0, 0.05) is 13.6 Å². The molecule has 0 fully saturated rings. The summed E-state index contributed by atoms with van der Waals surface area (Å²) in [6, 6.07) is 12.8. The number of ether oxygens (including phenoxy) is 2. The number of aryl methyl sites for hydroxylation is 1. The smallest absolute Gasteiger partial charge is 0.191 e. The molecule has 2 aromatic carbocycles. The molecule has 2 N–H and O–H groups in total. The molecule has 1 aliphatic heterocycles. The van der Waals surface area contributed by atoms with Crippen LogP contribution < -0.4 is 20.1 Å². The average molecular weight is 343 g/mol. The van der Waals surface area contributed by atoms with Gasteiger partial charge < -0.3 is 20.1 Å². The number of nitrogens with one attached hydrogen (secondary N) is 2. The Morgan fingerprint density at radius 2 is 2.00 bits per heavy atom. The van der Waals surface area contributed by atoms with Crippen LogP contribution in [0.3, 0.4) is 0 Å². The number of nitrogens with zero attached hydrogens (tertiary/aromatic N) is 1. The van der Waals surface area contributed by atoms with Crippen molar-refractivity contribution in [3.63, 3.8) is 0 Å². The topological polar surface area (TPSA) is 54.9 Å². The predicted molar refractivity (Wildman–Crippen MR) is 95.7 cm³/mol. The number of benzene rings is 2. The highest BCUT2D eigenvalue weighted by Gasteiger charge is 2.20. The molecule has 0 aliphatic carbocycles. The summed E-state index contributed by atoms with van der Waals surface area (Å²) in [5, 5.41) is 6.37. The van der Waals surface area contributed by atoms with Crippen molar-refractivity contribution in [1.82, 2.24) is 10.6 Å². The van der Waals surface area contributed by atoms with E-state index in [1.54, 1.807) is 20.0 Å². The van der Waals surface area contributed by atoms with E-state index in [-0.39, 0.29) is 11.9 Å². The standard InChI is InChI=1S/C19H22FN3O2/c1-13-7-8-14(9-16(13)20)10-22-19(21-2)23-11-15-12-24-17-5-3-4-6-18(17)25-15/h3-9,15H,10-12H2,1-2H3,(H2,21,22,23). The van der Waals surface area contributed by atoms with Crippen LogP contribution in [0, 0.1) is 12.7 Å². The normalized spacial score (nSPS) is 16.4. The van der Waals surface area contributed by atoms with Crippen molar-refractivity contribution in [3.8, 4) is 11.5 Å². The lowest BCUT2D eigenvalue weighted by Crippen LogP contribution is -2.45. The number of hydrogen-bond donors (Lipinski definition) is 2. The Balaban J connectivity index is 1.49. The maximum absolute atomic E-state index is 13.6. The summed E-state index contributed by atoms with van der Waals surface area (Å²) in [7, 11) is 1.69. The number of guanidine groups is 1. The average Bonchev–Trinajstić information content (AvgIpc) is 2.64. The van der Waals surface area contributed by atoms with E-state index < -0.39 is 0 Å². The van der Waals surface area contributed by atoms with Gasteiger partial charge in [-0.2, -0.15) is 0 Å². The van der Waals surface area contributed by atoms with Crippen LogP contribution in [0.4, 0.5) is 4.39 Å². The summed E-state index contributed by atoms with van der Waals surface area (Å²) in [4.78, 5) is 4.18. The molecule has 1 atom stereocenters. The third-order valence-electron chi connectivity index (χ3n) is 3.98. The van der Waals surface area contributed by atoms with Crippen molar-refractivity contribution < 1.29 is 13.9 Å². The molecule has 132 valence electrons. The van der Waals surface area contributed by atoms with Crippen LogP contribution in [0.25, 0.3) is 0 Å². The molecule has 0 amide bonds. The molecule has 0 saturated carbocycles. The Labute approximate surface area is 146 Å². The lowest BCUT2D eigenvalue weighted by molar-refractivity contribution is 0.0936. The molecule has 0 spiro atoms. The first-order valence-corrected chi connectivity index (χ1v) is 8.23. The van der Waals surface area contributed by atoms with Gasteiger partial charge in [0.1, 0.15) is 18.5 Å². The summed E-state index contributed by atoms with van der Waals surface area (Å²) in [6.45, 7) is 3.26. The highest BCUT2D eigenvalue weighted by atomic mass is 19.1. The first kappa shape index (κ1) is 17.1. The molecule has 25 heavy (non-hydrogen) atoms. The van der Waals surface area contributed by atoms with Crippen molar-refractivity contribution in [2.45, 2.75) is 19.6 Å². The van der Waals surface area contributed by atoms with Crippen molar-refractivity contribution in [1.29, 1.82) is 0 Å². The van der Waals surface area contributed by atoms with Gasteiger partial charge in [0.15, 0.2) is 17.5 Å². The molecule has 1 unspecified atom stereocenters. The fraction of sp³-hybridized carbons (Fsp3) is 0.316. The van der Waals surface area contributed by atoms with Crippen molar-refractivity contribution in [3.05, 3.63) is 59.4 Å². The van der Waals surface area contributed by atoms with Gasteiger partial charge >= 0.3 is 0 Å². The van der Waals surface area contributed by atoms with Gasteiger partial charge in [-0.25, -0.2) is 4.39 Å². The largest absolute Gasteiger partial charge is 0.486 e. The third-order valence-corrected chi connectivity index (χ3v) is 3.98. The van der Waals surface area contributed by atoms with E-state index in [1.165, 1.54) is 6.07 Å². The lowest BCUT2D eigenvalue weighted by Gasteiger charge is -2.27. The predicted octanol–water partition coefficient (Wildman–Crippen LogP) is 2.64. The molecule has 2 aromatic rings. The Bertz CT molecular complexity index is 764. The fourth-order valence-corrected chi connectivity index (χ4v) is 2.53. The fourth-order valence-electron chi connectivity index (χ4n) is 2.53. The highest BCUT2D eigenvalue weighted by Crippen LogP contribution is 2.30. The van der Waals surface area contributed by atoms with Crippen molar-refractivity contribution >= 4 is 5.96 Å². The number of hydrogen-bond acceptors (Lipinski definition) is 3. The van der Waals surface area contributed by atoms with Crippen LogP contribution in [-0.4, -0.2) is 32.3 Å². The summed E-state index contributed by atoms with van der Waals surface area (Å²) in [6.07, 6.45) is -0.106. The van der Waals surface area contributed by atoms with Crippen LogP contribution >= 0.6 is 0 Å². The minimum absolute atomic E-state index is 0.106. The van der Waals surface area contributed by atoms with E-state index in [9.17, 15) is 4.39 Å². The van der Waals surface area contributed by atoms with Crippen LogP contribution in [0.5, 0.6) is 11.5 Å². The molecule has 6 heteroatoms. The van der Waals surface area contributed by atoms with Crippen LogP contribution in [-0.2, 0) is 6.54 Å². The van der Waals surface area contributed by atoms with E-state index in [1.807, 2.05) is 30.3 Å². The van der Waals surface area contributed by atoms with E-state index in [0.29, 0.717) is 31.2 Å². The SMILES string of the molecule is CN=C(NCc1ccc(C)c(F)c1)NCC1COc2ccccc2O1. The van der Waals surface area contributed by atoms with Gasteiger partial charge in [-0.1, -0.05) is 24.3 Å². The lowest BCUT2D eigenvalue weighted by atomic mass is 10.1. The van der Waals surface area contributed by atoms with E-state index in [4.69, 9.17) is 9.47 Å². The van der Waals surface area contributed by atoms with E-state index in [0.717, 1.165) is 17.1 Å². The Kier molecular flexibility index (Phi) is 5.38. The zero-order valence-electron chi connectivity index (χ0n) is 14.4. The number of para-hydroxylation sites is 2. The van der Waals surface area contributed by atoms with Gasteiger partial charge in [0.05, 0.1) is 6.54 Å². The van der Waals surface area contributed by atoms with Gasteiger partial charge in [-0.15, -0.1) is 0 Å². The number of halogens is 1. The molecular formula is C19H22FN3O2. The minimum Gasteiger partial charge on any atom is -0.486 e. The second-order valence-corrected chi connectivity index (χ2v) is 5.89. The van der Waals surface area contributed by atoms with Crippen molar-refractivity contribution in [2.24, 2.45) is 4.99 Å². The van der Waals surface area contributed by atoms with Crippen LogP contribution in [0.1, 0.15) is 11.1 Å². The Morgan fingerprint density at radius 3 is 2.76 bits per heavy atom. The monoisotopic (exact) mass is 343 g/mol. The highest BCUT2D eigenvalue weighted by molar-refractivity contribution is 5.79. The van der Waals surface area contributed by atoms with E-state index in [2.05, 4.69) is 15.6 Å². The molecule has 1 aliphatic rings. The maximum Gasteiger partial charge on any atom is 0.191 e. The van der Waals surface area contributed by atoms with Gasteiger partial charge in [0.2, 0.25) is 0 Å². The maximum atomic E-state index is 13.6. The summed E-state index contributed by atoms with van der Waals surface area (Å²) >= 11 is 0. The molecule has 1 heterocycles. The molecule has 5 nitrogen and oxygen atoms in total. The molecule has 3 rings (SSSR count). The van der Waals surface area contributed by atoms with Crippen LogP contribution in [0.15, 0.2) is 47.5 Å². The molecular weight excluding hydrogens is 321 g/mol. The summed E-state index contributed by atoms with van der Waals surface area (Å²) in [5.74, 6) is 1.94. The quantitative estimate of drug-likeness (QED) is 0.662. The number of rotatable bonds is 4. The first-order chi connectivity index (χ1) is 12.2. The van der Waals surface area contributed by atoms with Crippen LogP contribution in [0.2, 0.25) is 0 Å². The summed E-state index contributed by atoms with van der Waals surface area (Å²) in [5.41, 5.74) is 1.50. The van der Waals surface area contributed by atoms with Crippen molar-refractivity contribution in [2.75, 3.05) is 20.2 Å². The number of fused-ring (bicyclic) bond motifs is 1. The molecule has 0 bridgehead atoms. The van der Waals surface area contributed by atoms with Gasteiger partial charge in [-0.3, -0.25) is 4.99 Å².